The molecule has 0 atom stereocenters. The number of carbonyl (C=O) groups is 1. The third kappa shape index (κ3) is 1.98. The first kappa shape index (κ1) is 10.4. The number of carbonyl (C=O) groups excluding carboxylic acids is 1. The molecule has 1 heterocycles. The van der Waals surface area contributed by atoms with Crippen molar-refractivity contribution in [3.63, 3.8) is 0 Å². The molecule has 0 fully saturated rings. The molecule has 80 valence electrons. The summed E-state index contributed by atoms with van der Waals surface area (Å²) in [6, 6.07) is 4.78. The van der Waals surface area contributed by atoms with Gasteiger partial charge in [-0.15, -0.1) is 0 Å². The van der Waals surface area contributed by atoms with Crippen LogP contribution in [0.2, 0.25) is 0 Å². The standard InChI is InChI=1S/C9H8ClNO3S/c10-15(13,14)7-3-1-2-6-4-5-8(12)11-9(6)7/h1-3H,4-5H2,(H,11,12). The monoisotopic (exact) mass is 245 g/mol. The Bertz CT molecular complexity index is 524. The topological polar surface area (TPSA) is 63.2 Å². The predicted molar refractivity (Wildman–Crippen MR) is 56.4 cm³/mol. The zero-order valence-electron chi connectivity index (χ0n) is 7.66. The zero-order valence-corrected chi connectivity index (χ0v) is 9.23. The van der Waals surface area contributed by atoms with E-state index in [2.05, 4.69) is 5.32 Å². The van der Waals surface area contributed by atoms with Gasteiger partial charge < -0.3 is 5.32 Å². The Hall–Kier alpha value is -1.07. The second-order valence-electron chi connectivity index (χ2n) is 3.28. The highest BCUT2D eigenvalue weighted by Crippen LogP contribution is 2.31. The Balaban J connectivity index is 2.64. The third-order valence-corrected chi connectivity index (χ3v) is 3.63. The van der Waals surface area contributed by atoms with Crippen molar-refractivity contribution >= 4 is 31.3 Å². The number of halogens is 1. The van der Waals surface area contributed by atoms with E-state index >= 15 is 0 Å². The van der Waals surface area contributed by atoms with E-state index in [0.717, 1.165) is 5.56 Å². The number of fused-ring (bicyclic) bond motifs is 1. The maximum atomic E-state index is 11.2. The van der Waals surface area contributed by atoms with Crippen molar-refractivity contribution in [1.29, 1.82) is 0 Å². The average Bonchev–Trinajstić information content (AvgIpc) is 2.15. The second-order valence-corrected chi connectivity index (χ2v) is 5.81. The summed E-state index contributed by atoms with van der Waals surface area (Å²) in [4.78, 5) is 11.1. The summed E-state index contributed by atoms with van der Waals surface area (Å²) < 4.78 is 22.5. The van der Waals surface area contributed by atoms with Gasteiger partial charge in [0, 0.05) is 17.1 Å². The Morgan fingerprint density at radius 3 is 2.67 bits per heavy atom. The van der Waals surface area contributed by atoms with Crippen molar-refractivity contribution in [3.8, 4) is 0 Å². The minimum Gasteiger partial charge on any atom is -0.325 e. The van der Waals surface area contributed by atoms with E-state index in [1.165, 1.54) is 6.07 Å². The van der Waals surface area contributed by atoms with Gasteiger partial charge in [0.2, 0.25) is 5.91 Å². The zero-order chi connectivity index (χ0) is 11.1. The molecule has 1 aliphatic rings. The molecule has 0 saturated heterocycles. The van der Waals surface area contributed by atoms with E-state index in [9.17, 15) is 13.2 Å². The number of anilines is 1. The highest BCUT2D eigenvalue weighted by molar-refractivity contribution is 8.13. The highest BCUT2D eigenvalue weighted by Gasteiger charge is 2.23. The lowest BCUT2D eigenvalue weighted by Crippen LogP contribution is -2.20. The molecular weight excluding hydrogens is 238 g/mol. The number of hydrogen-bond donors (Lipinski definition) is 1. The molecular formula is C9H8ClNO3S. The molecule has 0 unspecified atom stereocenters. The first-order valence-electron chi connectivity index (χ1n) is 4.35. The summed E-state index contributed by atoms with van der Waals surface area (Å²) in [6.07, 6.45) is 0.917. The van der Waals surface area contributed by atoms with Gasteiger partial charge >= 0.3 is 0 Å². The van der Waals surface area contributed by atoms with Gasteiger partial charge in [-0.1, -0.05) is 12.1 Å². The lowest BCUT2D eigenvalue weighted by Gasteiger charge is -2.18. The number of hydrogen-bond acceptors (Lipinski definition) is 3. The van der Waals surface area contributed by atoms with Crippen molar-refractivity contribution < 1.29 is 13.2 Å². The second kappa shape index (κ2) is 3.50. The van der Waals surface area contributed by atoms with E-state index < -0.39 is 9.05 Å². The van der Waals surface area contributed by atoms with Gasteiger partial charge in [-0.3, -0.25) is 4.79 Å². The molecule has 0 spiro atoms. The molecule has 1 N–H and O–H groups in total. The van der Waals surface area contributed by atoms with Crippen molar-refractivity contribution in [2.24, 2.45) is 0 Å². The maximum absolute atomic E-state index is 11.2. The first-order valence-corrected chi connectivity index (χ1v) is 6.66. The van der Waals surface area contributed by atoms with E-state index in [1.807, 2.05) is 0 Å². The van der Waals surface area contributed by atoms with E-state index in [1.54, 1.807) is 12.1 Å². The Morgan fingerprint density at radius 2 is 2.00 bits per heavy atom. The van der Waals surface area contributed by atoms with Crippen LogP contribution in [0.4, 0.5) is 5.69 Å². The predicted octanol–water partition coefficient (Wildman–Crippen LogP) is 1.50. The fourth-order valence-electron chi connectivity index (χ4n) is 1.58. The van der Waals surface area contributed by atoms with Crippen LogP contribution in [0.5, 0.6) is 0 Å². The molecule has 0 aliphatic carbocycles. The van der Waals surface area contributed by atoms with Crippen molar-refractivity contribution in [2.45, 2.75) is 17.7 Å². The quantitative estimate of drug-likeness (QED) is 0.763. The Morgan fingerprint density at radius 1 is 1.27 bits per heavy atom. The summed E-state index contributed by atoms with van der Waals surface area (Å²) in [5.74, 6) is -0.185. The molecule has 1 aromatic carbocycles. The summed E-state index contributed by atoms with van der Waals surface area (Å²) in [6.45, 7) is 0. The summed E-state index contributed by atoms with van der Waals surface area (Å²) in [5.41, 5.74) is 1.13. The fourth-order valence-corrected chi connectivity index (χ4v) is 2.63. The molecule has 1 aromatic rings. The van der Waals surface area contributed by atoms with Crippen molar-refractivity contribution in [2.75, 3.05) is 5.32 Å². The molecule has 0 radical (unpaired) electrons. The van der Waals surface area contributed by atoms with Crippen LogP contribution in [-0.4, -0.2) is 14.3 Å². The molecule has 0 aromatic heterocycles. The van der Waals surface area contributed by atoms with Gasteiger partial charge in [0.05, 0.1) is 5.69 Å². The maximum Gasteiger partial charge on any atom is 0.263 e. The SMILES string of the molecule is O=C1CCc2cccc(S(=O)(=O)Cl)c2N1. The van der Waals surface area contributed by atoms with Crippen LogP contribution in [0.1, 0.15) is 12.0 Å². The van der Waals surface area contributed by atoms with Crippen LogP contribution in [-0.2, 0) is 20.3 Å². The lowest BCUT2D eigenvalue weighted by atomic mass is 10.0. The van der Waals surface area contributed by atoms with Gasteiger partial charge in [-0.2, -0.15) is 0 Å². The number of rotatable bonds is 1. The fraction of sp³-hybridized carbons (Fsp3) is 0.222. The number of nitrogens with one attached hydrogen (secondary N) is 1. The summed E-state index contributed by atoms with van der Waals surface area (Å²) in [7, 11) is 1.45. The Labute approximate surface area is 91.7 Å². The molecule has 2 rings (SSSR count). The molecule has 15 heavy (non-hydrogen) atoms. The van der Waals surface area contributed by atoms with E-state index in [0.29, 0.717) is 18.5 Å². The van der Waals surface area contributed by atoms with E-state index in [4.69, 9.17) is 10.7 Å². The van der Waals surface area contributed by atoms with Gasteiger partial charge in [-0.25, -0.2) is 8.42 Å². The summed E-state index contributed by atoms with van der Waals surface area (Å²) >= 11 is 0. The number of aryl methyl sites for hydroxylation is 1. The Kier molecular flexibility index (Phi) is 2.44. The van der Waals surface area contributed by atoms with Crippen molar-refractivity contribution in [1.82, 2.24) is 0 Å². The minimum absolute atomic E-state index is 0.0327. The normalized spacial score (nSPS) is 15.7. The van der Waals surface area contributed by atoms with Crippen LogP contribution in [0.3, 0.4) is 0 Å². The van der Waals surface area contributed by atoms with Gasteiger partial charge in [0.25, 0.3) is 9.05 Å². The number of amides is 1. The molecule has 6 heteroatoms. The van der Waals surface area contributed by atoms with Crippen LogP contribution in [0.25, 0.3) is 0 Å². The number of para-hydroxylation sites is 1. The van der Waals surface area contributed by atoms with Gasteiger partial charge in [0.1, 0.15) is 4.90 Å². The third-order valence-electron chi connectivity index (χ3n) is 2.26. The molecule has 0 saturated carbocycles. The van der Waals surface area contributed by atoms with Crippen LogP contribution >= 0.6 is 10.7 Å². The van der Waals surface area contributed by atoms with Gasteiger partial charge in [-0.05, 0) is 18.1 Å². The minimum atomic E-state index is -3.81. The smallest absolute Gasteiger partial charge is 0.263 e. The molecule has 1 aliphatic heterocycles. The molecule has 4 nitrogen and oxygen atoms in total. The van der Waals surface area contributed by atoms with Crippen LogP contribution in [0, 0.1) is 0 Å². The largest absolute Gasteiger partial charge is 0.325 e. The molecule has 0 bridgehead atoms. The van der Waals surface area contributed by atoms with E-state index in [-0.39, 0.29) is 10.8 Å². The average molecular weight is 246 g/mol. The molecule has 1 amide bonds. The lowest BCUT2D eigenvalue weighted by molar-refractivity contribution is -0.116. The van der Waals surface area contributed by atoms with Crippen LogP contribution < -0.4 is 5.32 Å². The highest BCUT2D eigenvalue weighted by atomic mass is 35.7. The van der Waals surface area contributed by atoms with Gasteiger partial charge in [0.15, 0.2) is 0 Å². The van der Waals surface area contributed by atoms with Crippen molar-refractivity contribution in [3.05, 3.63) is 23.8 Å². The number of benzene rings is 1. The van der Waals surface area contributed by atoms with Crippen LogP contribution in [0.15, 0.2) is 23.1 Å². The first-order chi connectivity index (χ1) is 6.98. The summed E-state index contributed by atoms with van der Waals surface area (Å²) in [5, 5.41) is 2.53.